The topological polar surface area (TPSA) is 82.1 Å². The SMILES string of the molecule is Cc1nc(C(=O)N2CCCCC2CO)n[nH]1. The molecule has 1 amide bonds. The van der Waals surface area contributed by atoms with E-state index in [1.54, 1.807) is 11.8 Å². The van der Waals surface area contributed by atoms with Crippen LogP contribution in [0.25, 0.3) is 0 Å². The molecule has 0 bridgehead atoms. The minimum absolute atomic E-state index is 0.00907. The molecule has 2 rings (SSSR count). The molecule has 6 heteroatoms. The van der Waals surface area contributed by atoms with E-state index in [1.807, 2.05) is 0 Å². The number of aromatic amines is 1. The van der Waals surface area contributed by atoms with Crippen LogP contribution in [0.5, 0.6) is 0 Å². The number of aryl methyl sites for hydroxylation is 1. The zero-order valence-corrected chi connectivity index (χ0v) is 9.31. The summed E-state index contributed by atoms with van der Waals surface area (Å²) in [6.07, 6.45) is 2.89. The predicted molar refractivity (Wildman–Crippen MR) is 56.9 cm³/mol. The Morgan fingerprint density at radius 1 is 1.62 bits per heavy atom. The number of aliphatic hydroxyl groups excluding tert-OH is 1. The Morgan fingerprint density at radius 3 is 3.06 bits per heavy atom. The molecule has 1 saturated heterocycles. The fraction of sp³-hybridized carbons (Fsp3) is 0.700. The predicted octanol–water partition coefficient (Wildman–Crippen LogP) is 0.100. The molecule has 1 aromatic heterocycles. The smallest absolute Gasteiger partial charge is 0.293 e. The van der Waals surface area contributed by atoms with Gasteiger partial charge in [-0.3, -0.25) is 9.89 Å². The first-order valence-corrected chi connectivity index (χ1v) is 5.53. The van der Waals surface area contributed by atoms with E-state index < -0.39 is 0 Å². The van der Waals surface area contributed by atoms with Crippen LogP contribution in [-0.4, -0.2) is 50.3 Å². The monoisotopic (exact) mass is 224 g/mol. The van der Waals surface area contributed by atoms with Gasteiger partial charge in [-0.25, -0.2) is 4.98 Å². The van der Waals surface area contributed by atoms with Crippen molar-refractivity contribution in [3.05, 3.63) is 11.6 Å². The highest BCUT2D eigenvalue weighted by Gasteiger charge is 2.28. The van der Waals surface area contributed by atoms with Crippen molar-refractivity contribution in [2.75, 3.05) is 13.2 Å². The van der Waals surface area contributed by atoms with Gasteiger partial charge in [-0.15, -0.1) is 5.10 Å². The Labute approximate surface area is 93.7 Å². The molecule has 1 fully saturated rings. The van der Waals surface area contributed by atoms with Gasteiger partial charge >= 0.3 is 0 Å². The number of carbonyl (C=O) groups excluding carboxylic acids is 1. The summed E-state index contributed by atoms with van der Waals surface area (Å²) in [7, 11) is 0. The minimum atomic E-state index is -0.192. The van der Waals surface area contributed by atoms with Gasteiger partial charge in [-0.2, -0.15) is 0 Å². The fourth-order valence-electron chi connectivity index (χ4n) is 2.02. The lowest BCUT2D eigenvalue weighted by Gasteiger charge is -2.33. The second kappa shape index (κ2) is 4.61. The molecule has 1 aliphatic rings. The number of rotatable bonds is 2. The number of aliphatic hydroxyl groups is 1. The normalized spacial score (nSPS) is 21.1. The summed E-state index contributed by atoms with van der Waals surface area (Å²) in [6.45, 7) is 2.44. The largest absolute Gasteiger partial charge is 0.394 e. The standard InChI is InChI=1S/C10H16N4O2/c1-7-11-9(13-12-7)10(16)14-5-3-2-4-8(14)6-15/h8,15H,2-6H2,1H3,(H,11,12,13). The molecule has 6 nitrogen and oxygen atoms in total. The number of aromatic nitrogens is 3. The van der Waals surface area contributed by atoms with E-state index in [4.69, 9.17) is 0 Å². The average molecular weight is 224 g/mol. The highest BCUT2D eigenvalue weighted by atomic mass is 16.3. The van der Waals surface area contributed by atoms with Gasteiger partial charge < -0.3 is 10.0 Å². The number of H-pyrrole nitrogens is 1. The van der Waals surface area contributed by atoms with Crippen LogP contribution in [0.15, 0.2) is 0 Å². The number of amides is 1. The summed E-state index contributed by atoms with van der Waals surface area (Å²) in [5.41, 5.74) is 0. The lowest BCUT2D eigenvalue weighted by molar-refractivity contribution is 0.0491. The summed E-state index contributed by atoms with van der Waals surface area (Å²) < 4.78 is 0. The Balaban J connectivity index is 2.13. The molecular formula is C10H16N4O2. The first-order valence-electron chi connectivity index (χ1n) is 5.53. The van der Waals surface area contributed by atoms with Crippen LogP contribution < -0.4 is 0 Å². The molecule has 0 aromatic carbocycles. The summed E-state index contributed by atoms with van der Waals surface area (Å²) in [6, 6.07) is -0.0833. The number of nitrogens with one attached hydrogen (secondary N) is 1. The summed E-state index contributed by atoms with van der Waals surface area (Å²) >= 11 is 0. The van der Waals surface area contributed by atoms with E-state index in [2.05, 4.69) is 15.2 Å². The average Bonchev–Trinajstić information content (AvgIpc) is 2.75. The summed E-state index contributed by atoms with van der Waals surface area (Å²) in [5, 5.41) is 15.7. The van der Waals surface area contributed by atoms with Crippen LogP contribution in [0.4, 0.5) is 0 Å². The highest BCUT2D eigenvalue weighted by Crippen LogP contribution is 2.18. The van der Waals surface area contributed by atoms with Crippen LogP contribution in [0.3, 0.4) is 0 Å². The van der Waals surface area contributed by atoms with Crippen LogP contribution in [0, 0.1) is 6.92 Å². The molecule has 0 spiro atoms. The Hall–Kier alpha value is -1.43. The Bertz CT molecular complexity index is 377. The van der Waals surface area contributed by atoms with Crippen molar-refractivity contribution in [1.82, 2.24) is 20.1 Å². The Kier molecular flexibility index (Phi) is 3.19. The van der Waals surface area contributed by atoms with Gasteiger partial charge in [0.05, 0.1) is 12.6 Å². The second-order valence-electron chi connectivity index (χ2n) is 4.08. The minimum Gasteiger partial charge on any atom is -0.394 e. The van der Waals surface area contributed by atoms with Gasteiger partial charge in [0, 0.05) is 6.54 Å². The van der Waals surface area contributed by atoms with Crippen LogP contribution in [0.1, 0.15) is 35.7 Å². The molecule has 0 aliphatic carbocycles. The third-order valence-electron chi connectivity index (χ3n) is 2.89. The molecule has 2 N–H and O–H groups in total. The second-order valence-corrected chi connectivity index (χ2v) is 4.08. The molecule has 1 unspecified atom stereocenters. The van der Waals surface area contributed by atoms with Gasteiger partial charge in [0.15, 0.2) is 0 Å². The molecule has 16 heavy (non-hydrogen) atoms. The maximum atomic E-state index is 12.1. The van der Waals surface area contributed by atoms with E-state index in [0.717, 1.165) is 19.3 Å². The van der Waals surface area contributed by atoms with Crippen molar-refractivity contribution in [3.8, 4) is 0 Å². The molecule has 1 aliphatic heterocycles. The molecule has 0 saturated carbocycles. The lowest BCUT2D eigenvalue weighted by atomic mass is 10.0. The maximum absolute atomic E-state index is 12.1. The summed E-state index contributed by atoms with van der Waals surface area (Å²) in [5.74, 6) is 0.627. The zero-order valence-electron chi connectivity index (χ0n) is 9.31. The third kappa shape index (κ3) is 2.06. The van der Waals surface area contributed by atoms with E-state index in [0.29, 0.717) is 12.4 Å². The number of hydrogen-bond donors (Lipinski definition) is 2. The van der Waals surface area contributed by atoms with E-state index >= 15 is 0 Å². The summed E-state index contributed by atoms with van der Waals surface area (Å²) in [4.78, 5) is 17.7. The van der Waals surface area contributed by atoms with Gasteiger partial charge in [0.2, 0.25) is 5.82 Å². The lowest BCUT2D eigenvalue weighted by Crippen LogP contribution is -2.46. The van der Waals surface area contributed by atoms with E-state index in [-0.39, 0.29) is 24.4 Å². The molecule has 1 aromatic rings. The number of likely N-dealkylation sites (tertiary alicyclic amines) is 1. The van der Waals surface area contributed by atoms with Gasteiger partial charge in [0.25, 0.3) is 5.91 Å². The van der Waals surface area contributed by atoms with E-state index in [9.17, 15) is 9.90 Å². The van der Waals surface area contributed by atoms with Crippen molar-refractivity contribution >= 4 is 5.91 Å². The number of carbonyl (C=O) groups is 1. The van der Waals surface area contributed by atoms with E-state index in [1.165, 1.54) is 0 Å². The molecular weight excluding hydrogens is 208 g/mol. The first kappa shape index (κ1) is 11.1. The third-order valence-corrected chi connectivity index (χ3v) is 2.89. The quantitative estimate of drug-likeness (QED) is 0.746. The molecule has 88 valence electrons. The molecule has 1 atom stereocenters. The van der Waals surface area contributed by atoms with Crippen molar-refractivity contribution in [1.29, 1.82) is 0 Å². The van der Waals surface area contributed by atoms with Crippen molar-refractivity contribution in [2.24, 2.45) is 0 Å². The first-order chi connectivity index (χ1) is 7.72. The van der Waals surface area contributed by atoms with Crippen LogP contribution >= 0.6 is 0 Å². The number of nitrogens with zero attached hydrogens (tertiary/aromatic N) is 3. The fourth-order valence-corrected chi connectivity index (χ4v) is 2.02. The zero-order chi connectivity index (χ0) is 11.5. The maximum Gasteiger partial charge on any atom is 0.293 e. The van der Waals surface area contributed by atoms with Gasteiger partial charge in [-0.1, -0.05) is 0 Å². The molecule has 2 heterocycles. The van der Waals surface area contributed by atoms with Crippen molar-refractivity contribution in [3.63, 3.8) is 0 Å². The molecule has 0 radical (unpaired) electrons. The van der Waals surface area contributed by atoms with Gasteiger partial charge in [0.1, 0.15) is 5.82 Å². The highest BCUT2D eigenvalue weighted by molar-refractivity contribution is 5.90. The number of piperidine rings is 1. The van der Waals surface area contributed by atoms with Crippen molar-refractivity contribution in [2.45, 2.75) is 32.2 Å². The van der Waals surface area contributed by atoms with Crippen LogP contribution in [-0.2, 0) is 0 Å². The van der Waals surface area contributed by atoms with Crippen LogP contribution in [0.2, 0.25) is 0 Å². The number of hydrogen-bond acceptors (Lipinski definition) is 4. The van der Waals surface area contributed by atoms with Crippen molar-refractivity contribution < 1.29 is 9.90 Å². The van der Waals surface area contributed by atoms with Gasteiger partial charge in [-0.05, 0) is 26.2 Å². The Morgan fingerprint density at radius 2 is 2.44 bits per heavy atom.